The molecule has 0 unspecified atom stereocenters. The number of hydrogen-bond acceptors (Lipinski definition) is 2. The second-order valence-corrected chi connectivity index (χ2v) is 10.4. The molecular formula is C24H32O2. The number of aryl methyl sites for hydroxylation is 1. The predicted molar refractivity (Wildman–Crippen MR) is 103 cm³/mol. The van der Waals surface area contributed by atoms with Crippen LogP contribution in [0.1, 0.15) is 82.8 Å². The first-order chi connectivity index (χ1) is 12.4. The first-order valence-electron chi connectivity index (χ1n) is 10.7. The molecule has 1 saturated heterocycles. The van der Waals surface area contributed by atoms with E-state index in [2.05, 4.69) is 31.2 Å². The van der Waals surface area contributed by atoms with Crippen LogP contribution in [0.2, 0.25) is 0 Å². The molecule has 0 amide bonds. The lowest BCUT2D eigenvalue weighted by Gasteiger charge is -2.56. The van der Waals surface area contributed by atoms with Gasteiger partial charge in [0.05, 0.1) is 5.41 Å². The predicted octanol–water partition coefficient (Wildman–Crippen LogP) is 5.64. The van der Waals surface area contributed by atoms with E-state index in [1.54, 1.807) is 11.1 Å². The Kier molecular flexibility index (Phi) is 3.47. The number of carbonyl (C=O) groups excluding carboxylic acids is 1. The highest BCUT2D eigenvalue weighted by molar-refractivity contribution is 5.77. The van der Waals surface area contributed by atoms with Gasteiger partial charge in [0.2, 0.25) is 0 Å². The van der Waals surface area contributed by atoms with E-state index in [0.717, 1.165) is 31.1 Å². The summed E-state index contributed by atoms with van der Waals surface area (Å²) in [5, 5.41) is 0. The van der Waals surface area contributed by atoms with Gasteiger partial charge in [0.1, 0.15) is 5.60 Å². The molecule has 0 bridgehead atoms. The minimum Gasteiger partial charge on any atom is -0.458 e. The minimum absolute atomic E-state index is 0.0433. The molecule has 3 aliphatic carbocycles. The average Bonchev–Trinajstić information content (AvgIpc) is 2.91. The topological polar surface area (TPSA) is 26.3 Å². The molecule has 140 valence electrons. The Hall–Kier alpha value is -1.31. The molecular weight excluding hydrogens is 320 g/mol. The second-order valence-electron chi connectivity index (χ2n) is 10.4. The molecule has 2 saturated carbocycles. The van der Waals surface area contributed by atoms with E-state index in [9.17, 15) is 4.79 Å². The summed E-state index contributed by atoms with van der Waals surface area (Å²) < 4.78 is 6.33. The number of fused-ring (bicyclic) bond motifs is 6. The van der Waals surface area contributed by atoms with Gasteiger partial charge in [0.15, 0.2) is 0 Å². The Morgan fingerprint density at radius 1 is 0.962 bits per heavy atom. The molecule has 5 rings (SSSR count). The Morgan fingerprint density at radius 2 is 1.77 bits per heavy atom. The molecule has 1 aliphatic heterocycles. The largest absolute Gasteiger partial charge is 0.458 e. The quantitative estimate of drug-likeness (QED) is 0.564. The van der Waals surface area contributed by atoms with Crippen molar-refractivity contribution in [3.63, 3.8) is 0 Å². The molecule has 2 heteroatoms. The third kappa shape index (κ3) is 2.08. The second kappa shape index (κ2) is 5.36. The smallest absolute Gasteiger partial charge is 0.312 e. The van der Waals surface area contributed by atoms with Gasteiger partial charge in [-0.1, -0.05) is 31.2 Å². The lowest BCUT2D eigenvalue weighted by Crippen LogP contribution is -2.56. The van der Waals surface area contributed by atoms with E-state index in [0.29, 0.717) is 5.92 Å². The van der Waals surface area contributed by atoms with E-state index < -0.39 is 0 Å². The van der Waals surface area contributed by atoms with Crippen LogP contribution < -0.4 is 0 Å². The summed E-state index contributed by atoms with van der Waals surface area (Å²) in [7, 11) is 0. The summed E-state index contributed by atoms with van der Waals surface area (Å²) in [5.74, 6) is 2.26. The van der Waals surface area contributed by atoms with Crippen LogP contribution in [0, 0.1) is 22.7 Å². The standard InChI is InChI=1S/C24H32O2/c1-22(2)14-15-24(26-21(22)25)13-11-20-19-9-8-16-6-4-5-7-17(16)18(19)10-12-23(20,24)3/h4-7,18-20H,8-15H2,1-3H3/t18-,19-,20+,23+,24-/m1/s1. The summed E-state index contributed by atoms with van der Waals surface area (Å²) in [4.78, 5) is 12.7. The number of esters is 1. The van der Waals surface area contributed by atoms with Gasteiger partial charge < -0.3 is 4.74 Å². The van der Waals surface area contributed by atoms with E-state index >= 15 is 0 Å². The maximum Gasteiger partial charge on any atom is 0.312 e. The first kappa shape index (κ1) is 16.8. The van der Waals surface area contributed by atoms with Crippen molar-refractivity contribution in [3.8, 4) is 0 Å². The van der Waals surface area contributed by atoms with E-state index in [-0.39, 0.29) is 22.4 Å². The third-order valence-corrected chi connectivity index (χ3v) is 8.92. The highest BCUT2D eigenvalue weighted by atomic mass is 16.6. The van der Waals surface area contributed by atoms with Crippen molar-refractivity contribution in [1.82, 2.24) is 0 Å². The molecule has 4 aliphatic rings. The molecule has 26 heavy (non-hydrogen) atoms. The third-order valence-electron chi connectivity index (χ3n) is 8.92. The van der Waals surface area contributed by atoms with Crippen molar-refractivity contribution in [2.24, 2.45) is 22.7 Å². The zero-order valence-corrected chi connectivity index (χ0v) is 16.5. The van der Waals surface area contributed by atoms with Crippen molar-refractivity contribution in [3.05, 3.63) is 35.4 Å². The van der Waals surface area contributed by atoms with Crippen LogP contribution in [0.4, 0.5) is 0 Å². The Labute approximate surface area is 157 Å². The van der Waals surface area contributed by atoms with Gasteiger partial charge in [-0.05, 0) is 94.1 Å². The summed E-state index contributed by atoms with van der Waals surface area (Å²) in [6.45, 7) is 6.56. The van der Waals surface area contributed by atoms with Crippen LogP contribution in [-0.4, -0.2) is 11.6 Å². The maximum atomic E-state index is 12.7. The highest BCUT2D eigenvalue weighted by Crippen LogP contribution is 2.67. The van der Waals surface area contributed by atoms with Crippen molar-refractivity contribution in [1.29, 1.82) is 0 Å². The molecule has 0 aromatic heterocycles. The van der Waals surface area contributed by atoms with E-state index in [1.165, 1.54) is 32.1 Å². The molecule has 0 N–H and O–H groups in total. The summed E-state index contributed by atoms with van der Waals surface area (Å²) >= 11 is 0. The molecule has 1 aromatic rings. The Balaban J connectivity index is 1.48. The summed E-state index contributed by atoms with van der Waals surface area (Å²) in [6, 6.07) is 9.12. The van der Waals surface area contributed by atoms with Gasteiger partial charge in [-0.2, -0.15) is 0 Å². The highest BCUT2D eigenvalue weighted by Gasteiger charge is 2.65. The molecule has 2 nitrogen and oxygen atoms in total. The van der Waals surface area contributed by atoms with Gasteiger partial charge in [0.25, 0.3) is 0 Å². The summed E-state index contributed by atoms with van der Waals surface area (Å²) in [6.07, 6.45) is 9.38. The van der Waals surface area contributed by atoms with Crippen molar-refractivity contribution < 1.29 is 9.53 Å². The molecule has 1 aromatic carbocycles. The lowest BCUT2D eigenvalue weighted by molar-refractivity contribution is -0.206. The summed E-state index contributed by atoms with van der Waals surface area (Å²) in [5.41, 5.74) is 2.88. The van der Waals surface area contributed by atoms with Crippen LogP contribution in [-0.2, 0) is 16.0 Å². The monoisotopic (exact) mass is 352 g/mol. The first-order valence-corrected chi connectivity index (χ1v) is 10.7. The van der Waals surface area contributed by atoms with Crippen LogP contribution >= 0.6 is 0 Å². The fourth-order valence-corrected chi connectivity index (χ4v) is 7.18. The Morgan fingerprint density at radius 3 is 2.58 bits per heavy atom. The fourth-order valence-electron chi connectivity index (χ4n) is 7.18. The zero-order valence-electron chi connectivity index (χ0n) is 16.5. The average molecular weight is 353 g/mol. The van der Waals surface area contributed by atoms with Crippen LogP contribution in [0.3, 0.4) is 0 Å². The van der Waals surface area contributed by atoms with Crippen molar-refractivity contribution >= 4 is 5.97 Å². The molecule has 3 fully saturated rings. The Bertz CT molecular complexity index is 750. The lowest BCUT2D eigenvalue weighted by atomic mass is 9.52. The maximum absolute atomic E-state index is 12.7. The van der Waals surface area contributed by atoms with Crippen LogP contribution in [0.15, 0.2) is 24.3 Å². The van der Waals surface area contributed by atoms with E-state index in [4.69, 9.17) is 4.74 Å². The van der Waals surface area contributed by atoms with Crippen LogP contribution in [0.25, 0.3) is 0 Å². The van der Waals surface area contributed by atoms with Gasteiger partial charge in [-0.25, -0.2) is 0 Å². The van der Waals surface area contributed by atoms with Gasteiger partial charge in [-0.3, -0.25) is 4.79 Å². The number of ether oxygens (including phenoxy) is 1. The van der Waals surface area contributed by atoms with E-state index in [1.807, 2.05) is 13.8 Å². The zero-order chi connectivity index (χ0) is 18.2. The van der Waals surface area contributed by atoms with Crippen molar-refractivity contribution in [2.45, 2.75) is 83.7 Å². The van der Waals surface area contributed by atoms with Gasteiger partial charge in [0, 0.05) is 5.41 Å². The molecule has 1 spiro atoms. The number of hydrogen-bond donors (Lipinski definition) is 0. The van der Waals surface area contributed by atoms with Crippen molar-refractivity contribution in [2.75, 3.05) is 0 Å². The van der Waals surface area contributed by atoms with Crippen LogP contribution in [0.5, 0.6) is 0 Å². The number of carbonyl (C=O) groups is 1. The number of benzene rings is 1. The van der Waals surface area contributed by atoms with Gasteiger partial charge in [-0.15, -0.1) is 0 Å². The minimum atomic E-state index is -0.305. The molecule has 5 atom stereocenters. The number of rotatable bonds is 0. The molecule has 0 radical (unpaired) electrons. The molecule has 1 heterocycles. The SMILES string of the molecule is CC1(C)CC[C@@]2(CC[C@H]3[C@@H]4CCc5ccccc5[C@H]4CC[C@@]32C)OC1=O. The normalized spacial score (nSPS) is 43.3. The fraction of sp³-hybridized carbons (Fsp3) is 0.708. The van der Waals surface area contributed by atoms with Gasteiger partial charge >= 0.3 is 5.97 Å².